The van der Waals surface area contributed by atoms with Gasteiger partial charge in [0.2, 0.25) is 0 Å². The molecule has 1 aliphatic heterocycles. The third kappa shape index (κ3) is 5.56. The first-order valence-corrected chi connectivity index (χ1v) is 11.0. The number of hydrogen-bond donors (Lipinski definition) is 2. The van der Waals surface area contributed by atoms with E-state index in [1.54, 1.807) is 7.11 Å². The number of aliphatic imine (C=N–C) groups is 1. The molecule has 1 unspecified atom stereocenters. The summed E-state index contributed by atoms with van der Waals surface area (Å²) in [5.41, 5.74) is 2.62. The SMILES string of the molecule is CCOCCC1(CNC(=NC)NCc2cc3c(cc2OC)CC(C)O3)CCCC1. The quantitative estimate of drug-likeness (QED) is 0.374. The van der Waals surface area contributed by atoms with Crippen LogP contribution in [0.3, 0.4) is 0 Å². The summed E-state index contributed by atoms with van der Waals surface area (Å²) in [7, 11) is 3.54. The average Bonchev–Trinajstić information content (AvgIpc) is 3.33. The maximum absolute atomic E-state index is 5.91. The lowest BCUT2D eigenvalue weighted by atomic mass is 9.83. The van der Waals surface area contributed by atoms with Gasteiger partial charge in [0.1, 0.15) is 17.6 Å². The Bertz CT molecular complexity index is 699. The minimum atomic E-state index is 0.228. The molecule has 1 aliphatic carbocycles. The molecule has 2 N–H and O–H groups in total. The lowest BCUT2D eigenvalue weighted by Crippen LogP contribution is -2.43. The molecule has 0 saturated heterocycles. The van der Waals surface area contributed by atoms with Gasteiger partial charge < -0.3 is 24.8 Å². The summed E-state index contributed by atoms with van der Waals surface area (Å²) in [5.74, 6) is 2.69. The molecular weight excluding hydrogens is 366 g/mol. The van der Waals surface area contributed by atoms with Crippen molar-refractivity contribution in [3.63, 3.8) is 0 Å². The number of nitrogens with one attached hydrogen (secondary N) is 2. The number of ether oxygens (including phenoxy) is 3. The van der Waals surface area contributed by atoms with Crippen molar-refractivity contribution in [2.75, 3.05) is 33.9 Å². The lowest BCUT2D eigenvalue weighted by molar-refractivity contribution is 0.105. The van der Waals surface area contributed by atoms with E-state index in [2.05, 4.69) is 41.6 Å². The van der Waals surface area contributed by atoms with Crippen molar-refractivity contribution < 1.29 is 14.2 Å². The van der Waals surface area contributed by atoms with Gasteiger partial charge in [0.25, 0.3) is 0 Å². The Morgan fingerprint density at radius 1 is 1.28 bits per heavy atom. The average molecular weight is 404 g/mol. The summed E-state index contributed by atoms with van der Waals surface area (Å²) in [6.45, 7) is 7.36. The van der Waals surface area contributed by atoms with E-state index in [4.69, 9.17) is 14.2 Å². The molecule has 0 amide bonds. The van der Waals surface area contributed by atoms with Crippen LogP contribution >= 0.6 is 0 Å². The highest BCUT2D eigenvalue weighted by Crippen LogP contribution is 2.40. The molecule has 162 valence electrons. The fourth-order valence-electron chi connectivity index (χ4n) is 4.55. The van der Waals surface area contributed by atoms with E-state index in [-0.39, 0.29) is 6.10 Å². The van der Waals surface area contributed by atoms with Crippen LogP contribution in [0.4, 0.5) is 0 Å². The minimum absolute atomic E-state index is 0.228. The Morgan fingerprint density at radius 3 is 2.76 bits per heavy atom. The van der Waals surface area contributed by atoms with Gasteiger partial charge in [-0.25, -0.2) is 0 Å². The van der Waals surface area contributed by atoms with Crippen molar-refractivity contribution in [1.82, 2.24) is 10.6 Å². The molecule has 0 bridgehead atoms. The number of guanidine groups is 1. The molecule has 0 radical (unpaired) electrons. The first-order chi connectivity index (χ1) is 14.1. The van der Waals surface area contributed by atoms with E-state index < -0.39 is 0 Å². The first kappa shape index (κ1) is 21.8. The van der Waals surface area contributed by atoms with E-state index in [1.165, 1.54) is 31.2 Å². The summed E-state index contributed by atoms with van der Waals surface area (Å²) in [6.07, 6.45) is 7.42. The molecule has 29 heavy (non-hydrogen) atoms. The summed E-state index contributed by atoms with van der Waals surface area (Å²) < 4.78 is 17.2. The van der Waals surface area contributed by atoms with Crippen molar-refractivity contribution in [3.05, 3.63) is 23.3 Å². The summed E-state index contributed by atoms with van der Waals surface area (Å²) in [5, 5.41) is 7.00. The van der Waals surface area contributed by atoms with Crippen LogP contribution in [0.1, 0.15) is 57.1 Å². The molecular formula is C23H37N3O3. The van der Waals surface area contributed by atoms with Crippen molar-refractivity contribution >= 4 is 5.96 Å². The molecule has 1 heterocycles. The molecule has 6 nitrogen and oxygen atoms in total. The maximum atomic E-state index is 5.91. The molecule has 1 aromatic rings. The van der Waals surface area contributed by atoms with E-state index in [1.807, 2.05) is 7.05 Å². The molecule has 1 atom stereocenters. The predicted octanol–water partition coefficient (Wildman–Crippen LogP) is 3.67. The maximum Gasteiger partial charge on any atom is 0.191 e. The second kappa shape index (κ2) is 10.2. The van der Waals surface area contributed by atoms with Crippen LogP contribution in [0, 0.1) is 5.41 Å². The fraction of sp³-hybridized carbons (Fsp3) is 0.696. The number of hydrogen-bond acceptors (Lipinski definition) is 4. The van der Waals surface area contributed by atoms with Gasteiger partial charge in [0, 0.05) is 50.9 Å². The van der Waals surface area contributed by atoms with Gasteiger partial charge in [0.15, 0.2) is 5.96 Å². The van der Waals surface area contributed by atoms with Crippen LogP contribution in [-0.4, -0.2) is 46.0 Å². The number of rotatable bonds is 9. The molecule has 1 fully saturated rings. The summed E-state index contributed by atoms with van der Waals surface area (Å²) in [6, 6.07) is 4.20. The minimum Gasteiger partial charge on any atom is -0.496 e. The number of fused-ring (bicyclic) bond motifs is 1. The Labute approximate surface area is 175 Å². The topological polar surface area (TPSA) is 64.1 Å². The van der Waals surface area contributed by atoms with Gasteiger partial charge in [0.05, 0.1) is 7.11 Å². The number of methoxy groups -OCH3 is 1. The Morgan fingerprint density at radius 2 is 2.07 bits per heavy atom. The fourth-order valence-corrected chi connectivity index (χ4v) is 4.55. The molecule has 1 aromatic carbocycles. The Hall–Kier alpha value is -1.95. The van der Waals surface area contributed by atoms with Crippen molar-refractivity contribution in [3.8, 4) is 11.5 Å². The van der Waals surface area contributed by atoms with Crippen LogP contribution in [0.25, 0.3) is 0 Å². The zero-order chi connectivity index (χ0) is 20.7. The smallest absolute Gasteiger partial charge is 0.191 e. The van der Waals surface area contributed by atoms with Gasteiger partial charge in [-0.2, -0.15) is 0 Å². The number of benzene rings is 1. The van der Waals surface area contributed by atoms with E-state index in [0.717, 1.165) is 55.6 Å². The molecule has 0 aromatic heterocycles. The number of nitrogens with zero attached hydrogens (tertiary/aromatic N) is 1. The normalized spacial score (nSPS) is 20.3. The van der Waals surface area contributed by atoms with Gasteiger partial charge >= 0.3 is 0 Å². The van der Waals surface area contributed by atoms with Crippen LogP contribution in [0.5, 0.6) is 11.5 Å². The van der Waals surface area contributed by atoms with Crippen molar-refractivity contribution in [2.24, 2.45) is 10.4 Å². The molecule has 3 rings (SSSR count). The zero-order valence-electron chi connectivity index (χ0n) is 18.5. The van der Waals surface area contributed by atoms with E-state index in [0.29, 0.717) is 12.0 Å². The van der Waals surface area contributed by atoms with Crippen LogP contribution in [0.15, 0.2) is 17.1 Å². The van der Waals surface area contributed by atoms with Gasteiger partial charge in [-0.15, -0.1) is 0 Å². The second-order valence-electron chi connectivity index (χ2n) is 8.34. The third-order valence-corrected chi connectivity index (χ3v) is 6.24. The van der Waals surface area contributed by atoms with Gasteiger partial charge in [-0.1, -0.05) is 12.8 Å². The van der Waals surface area contributed by atoms with E-state index >= 15 is 0 Å². The molecule has 6 heteroatoms. The highest BCUT2D eigenvalue weighted by molar-refractivity contribution is 5.79. The van der Waals surface area contributed by atoms with Crippen LogP contribution < -0.4 is 20.1 Å². The highest BCUT2D eigenvalue weighted by atomic mass is 16.5. The standard InChI is InChI=1S/C23H37N3O3/c1-5-28-11-10-23(8-6-7-9-23)16-26-22(24-3)25-15-19-14-21-18(12-17(2)29-21)13-20(19)27-4/h13-14,17H,5-12,15-16H2,1-4H3,(H2,24,25,26). The van der Waals surface area contributed by atoms with Gasteiger partial charge in [-0.3, -0.25) is 4.99 Å². The second-order valence-corrected chi connectivity index (χ2v) is 8.34. The summed E-state index contributed by atoms with van der Waals surface area (Å²) in [4.78, 5) is 4.42. The largest absolute Gasteiger partial charge is 0.496 e. The summed E-state index contributed by atoms with van der Waals surface area (Å²) >= 11 is 0. The van der Waals surface area contributed by atoms with Crippen LogP contribution in [0.2, 0.25) is 0 Å². The van der Waals surface area contributed by atoms with Crippen molar-refractivity contribution in [1.29, 1.82) is 0 Å². The van der Waals surface area contributed by atoms with Gasteiger partial charge in [-0.05, 0) is 50.7 Å². The highest BCUT2D eigenvalue weighted by Gasteiger charge is 2.33. The molecule has 2 aliphatic rings. The predicted molar refractivity (Wildman–Crippen MR) is 117 cm³/mol. The molecule has 1 saturated carbocycles. The monoisotopic (exact) mass is 403 g/mol. The zero-order valence-corrected chi connectivity index (χ0v) is 18.5. The molecule has 0 spiro atoms. The van der Waals surface area contributed by atoms with E-state index in [9.17, 15) is 0 Å². The van der Waals surface area contributed by atoms with Crippen molar-refractivity contribution in [2.45, 2.75) is 65.0 Å². The van der Waals surface area contributed by atoms with Crippen LogP contribution in [-0.2, 0) is 17.7 Å². The first-order valence-electron chi connectivity index (χ1n) is 11.0. The lowest BCUT2D eigenvalue weighted by Gasteiger charge is -2.30. The Balaban J connectivity index is 1.57. The third-order valence-electron chi connectivity index (χ3n) is 6.24. The Kier molecular flexibility index (Phi) is 7.64.